The van der Waals surface area contributed by atoms with Crippen LogP contribution in [0.1, 0.15) is 19.3 Å². The summed E-state index contributed by atoms with van der Waals surface area (Å²) >= 11 is 0. The molecular formula is C9H10F3NO. The van der Waals surface area contributed by atoms with E-state index >= 15 is 0 Å². The zero-order valence-electron chi connectivity index (χ0n) is 7.42. The molecule has 2 saturated carbocycles. The fourth-order valence-corrected chi connectivity index (χ4v) is 3.19. The summed E-state index contributed by atoms with van der Waals surface area (Å²) in [5.41, 5.74) is -0.672. The summed E-state index contributed by atoms with van der Waals surface area (Å²) < 4.78 is 37.5. The Balaban J connectivity index is 1.91. The van der Waals surface area contributed by atoms with Crippen LogP contribution in [0.15, 0.2) is 5.16 Å². The van der Waals surface area contributed by atoms with Gasteiger partial charge in [0.2, 0.25) is 0 Å². The molecule has 0 unspecified atom stereocenters. The Morgan fingerprint density at radius 1 is 1.21 bits per heavy atom. The van der Waals surface area contributed by atoms with Crippen molar-refractivity contribution >= 4 is 5.71 Å². The first-order chi connectivity index (χ1) is 6.57. The second-order valence-corrected chi connectivity index (χ2v) is 4.40. The fraction of sp³-hybridized carbons (Fsp3) is 0.889. The molecule has 2 nitrogen and oxygen atoms in total. The van der Waals surface area contributed by atoms with Crippen LogP contribution in [0, 0.1) is 17.8 Å². The van der Waals surface area contributed by atoms with Gasteiger partial charge in [-0.3, -0.25) is 0 Å². The zero-order chi connectivity index (χ0) is 9.92. The number of rotatable bonds is 0. The van der Waals surface area contributed by atoms with Crippen LogP contribution in [-0.4, -0.2) is 18.0 Å². The molecule has 78 valence electrons. The van der Waals surface area contributed by atoms with Crippen molar-refractivity contribution in [3.8, 4) is 0 Å². The van der Waals surface area contributed by atoms with Crippen molar-refractivity contribution in [1.82, 2.24) is 0 Å². The Labute approximate surface area is 79.1 Å². The summed E-state index contributed by atoms with van der Waals surface area (Å²) in [5.74, 6) is 0.00947. The van der Waals surface area contributed by atoms with Crippen molar-refractivity contribution in [2.24, 2.45) is 22.9 Å². The lowest BCUT2D eigenvalue weighted by Crippen LogP contribution is -2.36. The third kappa shape index (κ3) is 0.953. The van der Waals surface area contributed by atoms with Gasteiger partial charge in [0, 0.05) is 0 Å². The Hall–Kier alpha value is -0.740. The number of hydrogen-bond donors (Lipinski definition) is 0. The van der Waals surface area contributed by atoms with Crippen LogP contribution in [0.5, 0.6) is 0 Å². The summed E-state index contributed by atoms with van der Waals surface area (Å²) in [4.78, 5) is 4.92. The highest BCUT2D eigenvalue weighted by molar-refractivity contribution is 5.93. The summed E-state index contributed by atoms with van der Waals surface area (Å²) in [5, 5.41) is 3.22. The molecule has 3 rings (SSSR count). The quantitative estimate of drug-likeness (QED) is 0.594. The first-order valence-electron chi connectivity index (χ1n) is 4.88. The standard InChI is InChI=1S/C9H10F3NO/c10-9(11,12)8-6-4-1-2-5(3-4)7(6)14-13-8/h4-7H,1-3H2/t4-,5-,6+,7+/m0/s1. The first-order valence-corrected chi connectivity index (χ1v) is 4.88. The predicted molar refractivity (Wildman–Crippen MR) is 42.7 cm³/mol. The van der Waals surface area contributed by atoms with Crippen LogP contribution in [-0.2, 0) is 4.84 Å². The summed E-state index contributed by atoms with van der Waals surface area (Å²) in [7, 11) is 0. The van der Waals surface area contributed by atoms with Gasteiger partial charge >= 0.3 is 6.18 Å². The molecule has 0 aromatic rings. The molecule has 2 bridgehead atoms. The van der Waals surface area contributed by atoms with E-state index in [0.29, 0.717) is 5.92 Å². The van der Waals surface area contributed by atoms with E-state index in [4.69, 9.17) is 4.84 Å². The third-order valence-electron chi connectivity index (χ3n) is 3.72. The summed E-state index contributed by atoms with van der Waals surface area (Å²) in [6.07, 6.45) is -1.77. The minimum Gasteiger partial charge on any atom is -0.391 e. The van der Waals surface area contributed by atoms with Gasteiger partial charge in [0.15, 0.2) is 5.71 Å². The number of nitrogens with zero attached hydrogens (tertiary/aromatic N) is 1. The van der Waals surface area contributed by atoms with Gasteiger partial charge in [-0.2, -0.15) is 13.2 Å². The SMILES string of the molecule is FC(F)(F)C1=NO[C@@H]2[C@H]3CC[C@@H](C3)[C@@H]12. The monoisotopic (exact) mass is 205 g/mol. The second-order valence-electron chi connectivity index (χ2n) is 4.40. The largest absolute Gasteiger partial charge is 0.433 e. The van der Waals surface area contributed by atoms with E-state index in [1.807, 2.05) is 0 Å². The van der Waals surface area contributed by atoms with Gasteiger partial charge < -0.3 is 4.84 Å². The minimum atomic E-state index is -4.30. The highest BCUT2D eigenvalue weighted by Gasteiger charge is 2.60. The van der Waals surface area contributed by atoms with Gasteiger partial charge in [-0.1, -0.05) is 5.16 Å². The number of hydrogen-bond acceptors (Lipinski definition) is 2. The molecule has 1 heterocycles. The maximum absolute atomic E-state index is 12.5. The first kappa shape index (κ1) is 8.56. The molecule has 2 aliphatic carbocycles. The van der Waals surface area contributed by atoms with Gasteiger partial charge in [0.1, 0.15) is 6.10 Å². The van der Waals surface area contributed by atoms with E-state index in [1.54, 1.807) is 0 Å². The number of halogens is 3. The topological polar surface area (TPSA) is 21.6 Å². The van der Waals surface area contributed by atoms with Crippen molar-refractivity contribution in [2.45, 2.75) is 31.5 Å². The molecule has 0 saturated heterocycles. The molecule has 0 aromatic heterocycles. The molecule has 14 heavy (non-hydrogen) atoms. The highest BCUT2D eigenvalue weighted by atomic mass is 19.4. The highest BCUT2D eigenvalue weighted by Crippen LogP contribution is 2.54. The molecule has 0 radical (unpaired) electrons. The predicted octanol–water partition coefficient (Wildman–Crippen LogP) is 2.35. The summed E-state index contributed by atoms with van der Waals surface area (Å²) in [6, 6.07) is 0. The van der Waals surface area contributed by atoms with Crippen molar-refractivity contribution < 1.29 is 18.0 Å². The van der Waals surface area contributed by atoms with E-state index in [9.17, 15) is 13.2 Å². The van der Waals surface area contributed by atoms with Crippen molar-refractivity contribution in [2.75, 3.05) is 0 Å². The fourth-order valence-electron chi connectivity index (χ4n) is 3.19. The molecule has 3 aliphatic rings. The minimum absolute atomic E-state index is 0.160. The lowest BCUT2D eigenvalue weighted by molar-refractivity contribution is -0.0633. The maximum atomic E-state index is 12.5. The van der Waals surface area contributed by atoms with E-state index in [0.717, 1.165) is 19.3 Å². The summed E-state index contributed by atoms with van der Waals surface area (Å²) in [6.45, 7) is 0. The lowest BCUT2D eigenvalue weighted by atomic mass is 9.83. The Morgan fingerprint density at radius 2 is 1.93 bits per heavy atom. The van der Waals surface area contributed by atoms with Crippen LogP contribution in [0.4, 0.5) is 13.2 Å². The number of oxime groups is 1. The number of alkyl halides is 3. The van der Waals surface area contributed by atoms with Crippen LogP contribution in [0.2, 0.25) is 0 Å². The Kier molecular flexibility index (Phi) is 1.49. The number of fused-ring (bicyclic) bond motifs is 5. The van der Waals surface area contributed by atoms with Gasteiger partial charge in [-0.05, 0) is 31.1 Å². The molecule has 0 amide bonds. The van der Waals surface area contributed by atoms with Crippen LogP contribution in [0.3, 0.4) is 0 Å². The zero-order valence-corrected chi connectivity index (χ0v) is 7.42. The van der Waals surface area contributed by atoms with Crippen LogP contribution >= 0.6 is 0 Å². The van der Waals surface area contributed by atoms with Gasteiger partial charge in [-0.15, -0.1) is 0 Å². The Morgan fingerprint density at radius 3 is 2.64 bits per heavy atom. The van der Waals surface area contributed by atoms with E-state index < -0.39 is 17.8 Å². The average Bonchev–Trinajstić information content (AvgIpc) is 2.74. The maximum Gasteiger partial charge on any atom is 0.433 e. The average molecular weight is 205 g/mol. The molecule has 1 aliphatic heterocycles. The second kappa shape index (κ2) is 2.44. The van der Waals surface area contributed by atoms with E-state index in [-0.39, 0.29) is 12.0 Å². The smallest absolute Gasteiger partial charge is 0.391 e. The third-order valence-corrected chi connectivity index (χ3v) is 3.72. The molecule has 0 spiro atoms. The normalized spacial score (nSPS) is 44.9. The molecular weight excluding hydrogens is 195 g/mol. The van der Waals surface area contributed by atoms with Crippen molar-refractivity contribution in [1.29, 1.82) is 0 Å². The van der Waals surface area contributed by atoms with Crippen LogP contribution in [0.25, 0.3) is 0 Å². The van der Waals surface area contributed by atoms with Gasteiger partial charge in [0.25, 0.3) is 0 Å². The van der Waals surface area contributed by atoms with Crippen molar-refractivity contribution in [3.05, 3.63) is 0 Å². The lowest BCUT2D eigenvalue weighted by Gasteiger charge is -2.23. The molecule has 4 atom stereocenters. The molecule has 5 heteroatoms. The van der Waals surface area contributed by atoms with Crippen LogP contribution < -0.4 is 0 Å². The van der Waals surface area contributed by atoms with Gasteiger partial charge in [-0.25, -0.2) is 0 Å². The van der Waals surface area contributed by atoms with Crippen molar-refractivity contribution in [3.63, 3.8) is 0 Å². The molecule has 0 aromatic carbocycles. The van der Waals surface area contributed by atoms with Gasteiger partial charge in [0.05, 0.1) is 5.92 Å². The van der Waals surface area contributed by atoms with E-state index in [2.05, 4.69) is 5.16 Å². The van der Waals surface area contributed by atoms with E-state index in [1.165, 1.54) is 0 Å². The molecule has 0 N–H and O–H groups in total. The Bertz CT molecular complexity index is 299. The molecule has 2 fully saturated rings.